The molecule has 3 aliphatic rings. The highest BCUT2D eigenvalue weighted by Crippen LogP contribution is 2.34. The minimum Gasteiger partial charge on any atom is -0.373 e. The molecule has 4 rings (SSSR count). The maximum atomic E-state index is 6.30. The lowest BCUT2D eigenvalue weighted by molar-refractivity contribution is -0.0797. The topological polar surface area (TPSA) is 47.5 Å². The Bertz CT molecular complexity index is 478. The Labute approximate surface area is 132 Å². The van der Waals surface area contributed by atoms with Crippen molar-refractivity contribution >= 4 is 5.82 Å². The molecule has 0 aromatic carbocycles. The third-order valence-electron chi connectivity index (χ3n) is 5.36. The summed E-state index contributed by atoms with van der Waals surface area (Å²) in [6.07, 6.45) is 11.5. The van der Waals surface area contributed by atoms with Gasteiger partial charge in [-0.2, -0.15) is 0 Å². The van der Waals surface area contributed by atoms with Gasteiger partial charge in [-0.05, 0) is 37.7 Å². The summed E-state index contributed by atoms with van der Waals surface area (Å²) in [6, 6.07) is 2.39. The van der Waals surface area contributed by atoms with E-state index in [2.05, 4.69) is 14.9 Å². The molecule has 0 amide bonds. The Kier molecular flexibility index (Phi) is 4.26. The standard InChI is InChI=1S/C17H25N3O2/c1-2-5-13(4-1)11-22-15-10-20(16-7-8-18-12-19-16)14-6-3-9-21-17(14)15/h7-8,12-15,17H,1-6,9-11H2/t14-,15-,17+/m1/s1. The molecule has 2 aliphatic heterocycles. The molecule has 5 nitrogen and oxygen atoms in total. The second-order valence-electron chi connectivity index (χ2n) is 6.79. The maximum Gasteiger partial charge on any atom is 0.132 e. The van der Waals surface area contributed by atoms with Crippen LogP contribution in [0.2, 0.25) is 0 Å². The van der Waals surface area contributed by atoms with Crippen LogP contribution in [0.4, 0.5) is 5.82 Å². The van der Waals surface area contributed by atoms with Gasteiger partial charge in [-0.25, -0.2) is 9.97 Å². The van der Waals surface area contributed by atoms with Crippen molar-refractivity contribution in [1.29, 1.82) is 0 Å². The van der Waals surface area contributed by atoms with Crippen LogP contribution in [0.5, 0.6) is 0 Å². The SMILES string of the molecule is c1cc(N2C[C@@H](OCC3CCCC3)[C@H]3OCCC[C@H]32)ncn1. The Morgan fingerprint density at radius 3 is 2.95 bits per heavy atom. The molecule has 3 fully saturated rings. The van der Waals surface area contributed by atoms with Crippen molar-refractivity contribution in [3.63, 3.8) is 0 Å². The summed E-state index contributed by atoms with van der Waals surface area (Å²) in [5, 5.41) is 0. The van der Waals surface area contributed by atoms with Crippen LogP contribution in [0.1, 0.15) is 38.5 Å². The second kappa shape index (κ2) is 6.50. The molecule has 0 unspecified atom stereocenters. The monoisotopic (exact) mass is 303 g/mol. The van der Waals surface area contributed by atoms with Crippen molar-refractivity contribution in [1.82, 2.24) is 9.97 Å². The van der Waals surface area contributed by atoms with Crippen LogP contribution in [0.25, 0.3) is 0 Å². The quantitative estimate of drug-likeness (QED) is 0.855. The molecule has 0 radical (unpaired) electrons. The fraction of sp³-hybridized carbons (Fsp3) is 0.765. The van der Waals surface area contributed by atoms with Gasteiger partial charge in [-0.1, -0.05) is 12.8 Å². The third-order valence-corrected chi connectivity index (χ3v) is 5.36. The lowest BCUT2D eigenvalue weighted by Gasteiger charge is -2.32. The van der Waals surface area contributed by atoms with Crippen LogP contribution in [-0.2, 0) is 9.47 Å². The van der Waals surface area contributed by atoms with Crippen molar-refractivity contribution in [2.45, 2.75) is 56.8 Å². The van der Waals surface area contributed by atoms with Crippen LogP contribution < -0.4 is 4.90 Å². The van der Waals surface area contributed by atoms with Gasteiger partial charge in [0, 0.05) is 26.0 Å². The summed E-state index contributed by atoms with van der Waals surface area (Å²) in [5.41, 5.74) is 0. The number of hydrogen-bond donors (Lipinski definition) is 0. The number of nitrogens with zero attached hydrogens (tertiary/aromatic N) is 3. The molecule has 0 spiro atoms. The zero-order valence-electron chi connectivity index (χ0n) is 13.1. The van der Waals surface area contributed by atoms with E-state index in [9.17, 15) is 0 Å². The van der Waals surface area contributed by atoms with Gasteiger partial charge in [0.25, 0.3) is 0 Å². The van der Waals surface area contributed by atoms with Crippen LogP contribution in [-0.4, -0.2) is 48.0 Å². The van der Waals surface area contributed by atoms with Gasteiger partial charge in [0.05, 0.1) is 6.04 Å². The first-order valence-corrected chi connectivity index (χ1v) is 8.67. The Morgan fingerprint density at radius 1 is 1.23 bits per heavy atom. The molecule has 2 saturated heterocycles. The summed E-state index contributed by atoms with van der Waals surface area (Å²) in [5.74, 6) is 1.76. The highest BCUT2D eigenvalue weighted by Gasteiger charge is 2.45. The molecule has 3 atom stereocenters. The first kappa shape index (κ1) is 14.4. The van der Waals surface area contributed by atoms with Gasteiger partial charge in [-0.3, -0.25) is 0 Å². The van der Waals surface area contributed by atoms with Crippen molar-refractivity contribution in [3.05, 3.63) is 18.6 Å². The Morgan fingerprint density at radius 2 is 2.14 bits per heavy atom. The van der Waals surface area contributed by atoms with E-state index in [4.69, 9.17) is 9.47 Å². The zero-order chi connectivity index (χ0) is 14.8. The van der Waals surface area contributed by atoms with E-state index in [0.29, 0.717) is 6.04 Å². The molecule has 0 bridgehead atoms. The van der Waals surface area contributed by atoms with E-state index in [1.165, 1.54) is 25.7 Å². The van der Waals surface area contributed by atoms with Gasteiger partial charge in [0.1, 0.15) is 24.4 Å². The fourth-order valence-corrected chi connectivity index (χ4v) is 4.21. The predicted octanol–water partition coefficient (Wildman–Crippen LogP) is 2.42. The first-order valence-electron chi connectivity index (χ1n) is 8.67. The highest BCUT2D eigenvalue weighted by atomic mass is 16.5. The predicted molar refractivity (Wildman–Crippen MR) is 83.8 cm³/mol. The summed E-state index contributed by atoms with van der Waals surface area (Å²) in [4.78, 5) is 10.8. The van der Waals surface area contributed by atoms with Gasteiger partial charge in [0.15, 0.2) is 0 Å². The molecular weight excluding hydrogens is 278 g/mol. The Balaban J connectivity index is 1.45. The maximum absolute atomic E-state index is 6.30. The molecule has 1 aromatic heterocycles. The first-order chi connectivity index (χ1) is 10.9. The van der Waals surface area contributed by atoms with Crippen LogP contribution >= 0.6 is 0 Å². The summed E-state index contributed by atoms with van der Waals surface area (Å²) in [6.45, 7) is 2.65. The lowest BCUT2D eigenvalue weighted by Crippen LogP contribution is -2.42. The van der Waals surface area contributed by atoms with E-state index < -0.39 is 0 Å². The smallest absolute Gasteiger partial charge is 0.132 e. The van der Waals surface area contributed by atoms with Crippen LogP contribution in [0, 0.1) is 5.92 Å². The molecule has 5 heteroatoms. The van der Waals surface area contributed by atoms with Gasteiger partial charge >= 0.3 is 0 Å². The van der Waals surface area contributed by atoms with Crippen molar-refractivity contribution in [3.8, 4) is 0 Å². The average Bonchev–Trinajstić information content (AvgIpc) is 3.22. The normalized spacial score (nSPS) is 32.4. The van der Waals surface area contributed by atoms with E-state index in [1.807, 2.05) is 12.3 Å². The molecule has 1 aromatic rings. The third kappa shape index (κ3) is 2.84. The average molecular weight is 303 g/mol. The van der Waals surface area contributed by atoms with Gasteiger partial charge in [-0.15, -0.1) is 0 Å². The summed E-state index contributed by atoms with van der Waals surface area (Å²) < 4.78 is 12.4. The number of rotatable bonds is 4. The van der Waals surface area contributed by atoms with Gasteiger partial charge < -0.3 is 14.4 Å². The number of ether oxygens (including phenoxy) is 2. The van der Waals surface area contributed by atoms with E-state index >= 15 is 0 Å². The zero-order valence-corrected chi connectivity index (χ0v) is 13.1. The van der Waals surface area contributed by atoms with Crippen molar-refractivity contribution < 1.29 is 9.47 Å². The largest absolute Gasteiger partial charge is 0.373 e. The Hall–Kier alpha value is -1.20. The minimum atomic E-state index is 0.181. The number of fused-ring (bicyclic) bond motifs is 1. The van der Waals surface area contributed by atoms with E-state index in [0.717, 1.165) is 44.3 Å². The molecule has 0 N–H and O–H groups in total. The van der Waals surface area contributed by atoms with E-state index in [1.54, 1.807) is 6.33 Å². The molecule has 22 heavy (non-hydrogen) atoms. The number of anilines is 1. The molecule has 1 aliphatic carbocycles. The molecule has 120 valence electrons. The summed E-state index contributed by atoms with van der Waals surface area (Å²) >= 11 is 0. The van der Waals surface area contributed by atoms with Crippen LogP contribution in [0.15, 0.2) is 18.6 Å². The van der Waals surface area contributed by atoms with E-state index in [-0.39, 0.29) is 12.2 Å². The van der Waals surface area contributed by atoms with Crippen molar-refractivity contribution in [2.24, 2.45) is 5.92 Å². The number of aromatic nitrogens is 2. The fourth-order valence-electron chi connectivity index (χ4n) is 4.21. The number of hydrogen-bond acceptors (Lipinski definition) is 5. The molecule has 3 heterocycles. The lowest BCUT2D eigenvalue weighted by atomic mass is 10.0. The van der Waals surface area contributed by atoms with Crippen molar-refractivity contribution in [2.75, 3.05) is 24.7 Å². The highest BCUT2D eigenvalue weighted by molar-refractivity contribution is 5.41. The second-order valence-corrected chi connectivity index (χ2v) is 6.79. The molecular formula is C17H25N3O2. The minimum absolute atomic E-state index is 0.181. The van der Waals surface area contributed by atoms with Gasteiger partial charge in [0.2, 0.25) is 0 Å². The van der Waals surface area contributed by atoms with Crippen LogP contribution in [0.3, 0.4) is 0 Å². The summed E-state index contributed by atoms with van der Waals surface area (Å²) in [7, 11) is 0. The molecule has 1 saturated carbocycles.